The maximum absolute atomic E-state index is 2.50. The van der Waals surface area contributed by atoms with Gasteiger partial charge in [0.2, 0.25) is 0 Å². The lowest BCUT2D eigenvalue weighted by Gasteiger charge is -2.17. The van der Waals surface area contributed by atoms with Crippen molar-refractivity contribution in [2.24, 2.45) is 0 Å². The van der Waals surface area contributed by atoms with Gasteiger partial charge in [-0.05, 0) is 73.4 Å². The van der Waals surface area contributed by atoms with Gasteiger partial charge in [-0.1, -0.05) is 13.0 Å². The van der Waals surface area contributed by atoms with Crippen LogP contribution in [0.25, 0.3) is 33.0 Å². The molecule has 1 aliphatic heterocycles. The number of aromatic nitrogens is 2. The Labute approximate surface area is 164 Å². The second-order valence-electron chi connectivity index (χ2n) is 7.97. The summed E-state index contributed by atoms with van der Waals surface area (Å²) in [4.78, 5) is 2.50. The third-order valence-corrected chi connectivity index (χ3v) is 6.32. The molecule has 3 heteroatoms. The molecule has 0 amide bonds. The van der Waals surface area contributed by atoms with E-state index in [1.54, 1.807) is 0 Å². The molecule has 0 unspecified atom stereocenters. The van der Waals surface area contributed by atoms with Crippen LogP contribution in [0.15, 0.2) is 66.9 Å². The van der Waals surface area contributed by atoms with Gasteiger partial charge in [0.1, 0.15) is 17.2 Å². The second-order valence-corrected chi connectivity index (χ2v) is 7.97. The van der Waals surface area contributed by atoms with E-state index in [0.29, 0.717) is 0 Å². The lowest BCUT2D eigenvalue weighted by atomic mass is 10.1. The summed E-state index contributed by atoms with van der Waals surface area (Å²) in [6.07, 6.45) is 5.95. The summed E-state index contributed by atoms with van der Waals surface area (Å²) in [5.74, 6) is 0. The summed E-state index contributed by atoms with van der Waals surface area (Å²) in [5.41, 5.74) is 7.72. The van der Waals surface area contributed by atoms with Crippen LogP contribution in [-0.4, -0.2) is 17.5 Å². The molecule has 0 spiro atoms. The standard InChI is InChI=1S/C25H24N3/c1-2-18-5-10-24-19(15-18)6-8-22-17-27-23-11-9-21(26-13-3-4-14-26)16-20(23)7-12-25(27)28(22)24/h5-12,15-17H,2-4,13-14H2,1H3/q+1. The predicted molar refractivity (Wildman–Crippen MR) is 116 cm³/mol. The highest BCUT2D eigenvalue weighted by atomic mass is 15.1. The topological polar surface area (TPSA) is 11.8 Å². The first-order valence-corrected chi connectivity index (χ1v) is 10.4. The third kappa shape index (κ3) is 2.26. The predicted octanol–water partition coefficient (Wildman–Crippen LogP) is 5.15. The Balaban J connectivity index is 1.62. The summed E-state index contributed by atoms with van der Waals surface area (Å²) in [6.45, 7) is 4.58. The van der Waals surface area contributed by atoms with Gasteiger partial charge in [-0.25, -0.2) is 0 Å². The molecule has 1 fully saturated rings. The fraction of sp³-hybridized carbons (Fsp3) is 0.240. The molecule has 2 aromatic carbocycles. The average Bonchev–Trinajstić information content (AvgIpc) is 3.40. The van der Waals surface area contributed by atoms with Crippen molar-refractivity contribution in [3.63, 3.8) is 0 Å². The molecule has 0 N–H and O–H groups in total. The highest BCUT2D eigenvalue weighted by Crippen LogP contribution is 2.26. The summed E-state index contributed by atoms with van der Waals surface area (Å²) in [7, 11) is 0. The van der Waals surface area contributed by atoms with Gasteiger partial charge in [-0.2, -0.15) is 8.80 Å². The van der Waals surface area contributed by atoms with Gasteiger partial charge in [0.05, 0.1) is 0 Å². The van der Waals surface area contributed by atoms with Crippen molar-refractivity contribution in [3.8, 4) is 0 Å². The Morgan fingerprint density at radius 1 is 0.857 bits per heavy atom. The zero-order valence-electron chi connectivity index (χ0n) is 16.2. The smallest absolute Gasteiger partial charge is 0.292 e. The lowest BCUT2D eigenvalue weighted by molar-refractivity contribution is -0.479. The number of anilines is 1. The zero-order valence-corrected chi connectivity index (χ0v) is 16.2. The van der Waals surface area contributed by atoms with Crippen LogP contribution in [0.2, 0.25) is 0 Å². The molecule has 0 radical (unpaired) electrons. The number of aryl methyl sites for hydroxylation is 1. The van der Waals surface area contributed by atoms with Crippen molar-refractivity contribution in [2.75, 3.05) is 18.0 Å². The van der Waals surface area contributed by atoms with E-state index in [-0.39, 0.29) is 0 Å². The third-order valence-electron chi connectivity index (χ3n) is 6.32. The van der Waals surface area contributed by atoms with Gasteiger partial charge in [0.15, 0.2) is 5.52 Å². The molecule has 6 rings (SSSR count). The number of pyridine rings is 2. The number of benzene rings is 2. The molecular formula is C25H24N3+. The number of nitrogens with zero attached hydrogens (tertiary/aromatic N) is 3. The Morgan fingerprint density at radius 3 is 2.57 bits per heavy atom. The Bertz CT molecular complexity index is 1360. The second kappa shape index (κ2) is 5.96. The van der Waals surface area contributed by atoms with Gasteiger partial charge < -0.3 is 4.90 Å². The van der Waals surface area contributed by atoms with Crippen LogP contribution in [0.1, 0.15) is 25.3 Å². The van der Waals surface area contributed by atoms with Crippen LogP contribution in [0.5, 0.6) is 0 Å². The molecule has 0 saturated carbocycles. The summed E-state index contributed by atoms with van der Waals surface area (Å²) in [6, 6.07) is 22.8. The van der Waals surface area contributed by atoms with Gasteiger partial charge >= 0.3 is 0 Å². The van der Waals surface area contributed by atoms with Crippen LogP contribution in [0.4, 0.5) is 5.69 Å². The summed E-state index contributed by atoms with van der Waals surface area (Å²) < 4.78 is 4.72. The maximum Gasteiger partial charge on any atom is 0.292 e. The molecule has 4 heterocycles. The van der Waals surface area contributed by atoms with Gasteiger partial charge in [0, 0.05) is 35.6 Å². The van der Waals surface area contributed by atoms with Crippen molar-refractivity contribution in [1.82, 2.24) is 4.40 Å². The van der Waals surface area contributed by atoms with E-state index in [4.69, 9.17) is 0 Å². The van der Waals surface area contributed by atoms with E-state index in [1.807, 2.05) is 0 Å². The molecule has 1 aliphatic rings. The van der Waals surface area contributed by atoms with Crippen LogP contribution in [0.3, 0.4) is 0 Å². The molecule has 28 heavy (non-hydrogen) atoms. The van der Waals surface area contributed by atoms with E-state index in [0.717, 1.165) is 6.42 Å². The number of imidazole rings is 1. The van der Waals surface area contributed by atoms with Crippen LogP contribution in [0, 0.1) is 0 Å². The van der Waals surface area contributed by atoms with E-state index < -0.39 is 0 Å². The molecule has 3 aromatic heterocycles. The number of hydrogen-bond donors (Lipinski definition) is 0. The van der Waals surface area contributed by atoms with E-state index >= 15 is 0 Å². The average molecular weight is 366 g/mol. The molecule has 3 nitrogen and oxygen atoms in total. The van der Waals surface area contributed by atoms with Crippen LogP contribution >= 0.6 is 0 Å². The lowest BCUT2D eigenvalue weighted by Crippen LogP contribution is -2.21. The molecule has 0 bridgehead atoms. The molecule has 5 aromatic rings. The highest BCUT2D eigenvalue weighted by Gasteiger charge is 2.18. The van der Waals surface area contributed by atoms with Crippen molar-refractivity contribution in [2.45, 2.75) is 26.2 Å². The molecule has 0 atom stereocenters. The first-order valence-electron chi connectivity index (χ1n) is 10.4. The summed E-state index contributed by atoms with van der Waals surface area (Å²) in [5, 5.41) is 2.60. The fourth-order valence-electron chi connectivity index (χ4n) is 4.79. The first-order chi connectivity index (χ1) is 13.8. The molecule has 1 saturated heterocycles. The SMILES string of the molecule is CCc1ccc2c(ccc3c[n+]4c5ccc(N6CCCC6)cc5ccc4n32)c1. The Morgan fingerprint density at radius 2 is 1.71 bits per heavy atom. The van der Waals surface area contributed by atoms with Gasteiger partial charge in [-0.15, -0.1) is 0 Å². The largest absolute Gasteiger partial charge is 0.372 e. The van der Waals surface area contributed by atoms with Gasteiger partial charge in [0.25, 0.3) is 5.65 Å². The summed E-state index contributed by atoms with van der Waals surface area (Å²) >= 11 is 0. The van der Waals surface area contributed by atoms with Crippen molar-refractivity contribution < 1.29 is 4.40 Å². The number of rotatable bonds is 2. The fourth-order valence-corrected chi connectivity index (χ4v) is 4.79. The normalized spacial score (nSPS) is 14.8. The van der Waals surface area contributed by atoms with Gasteiger partial charge in [-0.3, -0.25) is 0 Å². The number of hydrogen-bond acceptors (Lipinski definition) is 1. The molecule has 138 valence electrons. The highest BCUT2D eigenvalue weighted by molar-refractivity contribution is 5.87. The van der Waals surface area contributed by atoms with Crippen LogP contribution in [-0.2, 0) is 6.42 Å². The first kappa shape index (κ1) is 15.9. The molecular weight excluding hydrogens is 342 g/mol. The quantitative estimate of drug-likeness (QED) is 0.394. The van der Waals surface area contributed by atoms with Crippen molar-refractivity contribution in [1.29, 1.82) is 0 Å². The van der Waals surface area contributed by atoms with Crippen LogP contribution < -0.4 is 9.30 Å². The zero-order chi connectivity index (χ0) is 18.7. The van der Waals surface area contributed by atoms with Crippen molar-refractivity contribution in [3.05, 3.63) is 72.4 Å². The number of fused-ring (bicyclic) bond motifs is 7. The Hall–Kier alpha value is -3.07. The minimum Gasteiger partial charge on any atom is -0.372 e. The Kier molecular flexibility index (Phi) is 3.39. The maximum atomic E-state index is 2.50. The monoisotopic (exact) mass is 366 g/mol. The van der Waals surface area contributed by atoms with E-state index in [9.17, 15) is 0 Å². The van der Waals surface area contributed by atoms with E-state index in [1.165, 1.54) is 70.2 Å². The molecule has 0 aliphatic carbocycles. The van der Waals surface area contributed by atoms with E-state index in [2.05, 4.69) is 87.5 Å². The van der Waals surface area contributed by atoms with Crippen molar-refractivity contribution >= 4 is 38.7 Å². The minimum atomic E-state index is 1.07. The minimum absolute atomic E-state index is 1.07.